The van der Waals surface area contributed by atoms with Crippen molar-refractivity contribution in [3.63, 3.8) is 0 Å². The van der Waals surface area contributed by atoms with Crippen molar-refractivity contribution in [1.82, 2.24) is 5.32 Å². The van der Waals surface area contributed by atoms with Crippen LogP contribution in [0.15, 0.2) is 18.2 Å². The highest BCUT2D eigenvalue weighted by atomic mass is 16.5. The molecule has 1 aromatic rings. The van der Waals surface area contributed by atoms with E-state index in [9.17, 15) is 0 Å². The van der Waals surface area contributed by atoms with E-state index in [4.69, 9.17) is 4.74 Å². The van der Waals surface area contributed by atoms with E-state index < -0.39 is 0 Å². The normalized spacial score (nSPS) is 16.6. The Bertz CT molecular complexity index is 425. The Balaban J connectivity index is 2.24. The summed E-state index contributed by atoms with van der Waals surface area (Å²) in [6.07, 6.45) is 3.42. The summed E-state index contributed by atoms with van der Waals surface area (Å²) in [6.45, 7) is 11.0. The minimum Gasteiger partial charge on any atom is -0.493 e. The summed E-state index contributed by atoms with van der Waals surface area (Å²) in [7, 11) is 0. The maximum absolute atomic E-state index is 5.96. The minimum atomic E-state index is 0.143. The van der Waals surface area contributed by atoms with Gasteiger partial charge in [-0.15, -0.1) is 0 Å². The molecule has 0 saturated heterocycles. The molecule has 2 nitrogen and oxygen atoms in total. The largest absolute Gasteiger partial charge is 0.493 e. The minimum absolute atomic E-state index is 0.143. The number of aryl methyl sites for hydroxylation is 1. The Morgan fingerprint density at radius 2 is 2.16 bits per heavy atom. The second-order valence-electron chi connectivity index (χ2n) is 6.29. The van der Waals surface area contributed by atoms with Gasteiger partial charge in [0, 0.05) is 11.6 Å². The van der Waals surface area contributed by atoms with Crippen molar-refractivity contribution in [3.8, 4) is 5.75 Å². The Hall–Kier alpha value is -1.02. The van der Waals surface area contributed by atoms with E-state index in [0.717, 1.165) is 38.2 Å². The molecule has 0 amide bonds. The van der Waals surface area contributed by atoms with Crippen LogP contribution < -0.4 is 10.1 Å². The van der Waals surface area contributed by atoms with E-state index in [0.29, 0.717) is 6.04 Å². The summed E-state index contributed by atoms with van der Waals surface area (Å²) < 4.78 is 5.96. The zero-order valence-electron chi connectivity index (χ0n) is 12.8. The van der Waals surface area contributed by atoms with E-state index in [2.05, 4.69) is 51.2 Å². The lowest BCUT2D eigenvalue weighted by molar-refractivity contribution is 0.275. The summed E-state index contributed by atoms with van der Waals surface area (Å²) in [5, 5.41) is 3.51. The highest BCUT2D eigenvalue weighted by Gasteiger charge is 2.28. The number of para-hydroxylation sites is 1. The Kier molecular flexibility index (Phi) is 4.51. The molecule has 0 aliphatic carbocycles. The molecule has 1 aliphatic heterocycles. The summed E-state index contributed by atoms with van der Waals surface area (Å²) in [4.78, 5) is 0. The molecule has 1 N–H and O–H groups in total. The van der Waals surface area contributed by atoms with Gasteiger partial charge in [0.05, 0.1) is 6.61 Å². The second kappa shape index (κ2) is 5.96. The molecule has 2 rings (SSSR count). The Labute approximate surface area is 117 Å². The third-order valence-corrected chi connectivity index (χ3v) is 4.03. The van der Waals surface area contributed by atoms with Crippen molar-refractivity contribution < 1.29 is 4.74 Å². The van der Waals surface area contributed by atoms with E-state index in [-0.39, 0.29) is 5.41 Å². The predicted molar refractivity (Wildman–Crippen MR) is 81.0 cm³/mol. The van der Waals surface area contributed by atoms with Crippen LogP contribution in [0.5, 0.6) is 5.75 Å². The first-order valence-electron chi connectivity index (χ1n) is 7.53. The molecule has 1 aromatic carbocycles. The maximum atomic E-state index is 5.96. The van der Waals surface area contributed by atoms with Crippen LogP contribution in [-0.4, -0.2) is 19.2 Å². The van der Waals surface area contributed by atoms with Gasteiger partial charge in [-0.3, -0.25) is 0 Å². The summed E-state index contributed by atoms with van der Waals surface area (Å²) >= 11 is 0. The molecule has 1 atom stereocenters. The third-order valence-electron chi connectivity index (χ3n) is 4.03. The second-order valence-corrected chi connectivity index (χ2v) is 6.29. The number of fused-ring (bicyclic) bond motifs is 1. The average molecular weight is 261 g/mol. The number of benzene rings is 1. The van der Waals surface area contributed by atoms with Gasteiger partial charge in [0.15, 0.2) is 0 Å². The van der Waals surface area contributed by atoms with E-state index >= 15 is 0 Å². The van der Waals surface area contributed by atoms with Gasteiger partial charge in [0.1, 0.15) is 5.75 Å². The zero-order chi connectivity index (χ0) is 13.9. The molecular weight excluding hydrogens is 234 g/mol. The van der Waals surface area contributed by atoms with Gasteiger partial charge in [-0.2, -0.15) is 0 Å². The highest BCUT2D eigenvalue weighted by molar-refractivity contribution is 5.46. The number of hydrogen-bond donors (Lipinski definition) is 1. The van der Waals surface area contributed by atoms with Crippen molar-refractivity contribution in [1.29, 1.82) is 0 Å². The fourth-order valence-electron chi connectivity index (χ4n) is 3.22. The molecule has 0 bridgehead atoms. The van der Waals surface area contributed by atoms with Crippen LogP contribution in [0, 0.1) is 0 Å². The van der Waals surface area contributed by atoms with Gasteiger partial charge >= 0.3 is 0 Å². The lowest BCUT2D eigenvalue weighted by atomic mass is 9.77. The number of rotatable bonds is 5. The third kappa shape index (κ3) is 3.30. The molecule has 2 heteroatoms. The predicted octanol–water partition coefficient (Wildman–Crippen LogP) is 3.68. The SMILES string of the molecule is CCNC(C)CC(C)(C)c1cccc2c1OCCC2. The van der Waals surface area contributed by atoms with Crippen molar-refractivity contribution in [2.75, 3.05) is 13.2 Å². The molecular formula is C17H27NO. The topological polar surface area (TPSA) is 21.3 Å². The van der Waals surface area contributed by atoms with Crippen LogP contribution >= 0.6 is 0 Å². The van der Waals surface area contributed by atoms with E-state index in [1.54, 1.807) is 0 Å². The Morgan fingerprint density at radius 1 is 1.37 bits per heavy atom. The molecule has 0 fully saturated rings. The summed E-state index contributed by atoms with van der Waals surface area (Å²) in [5.74, 6) is 1.16. The van der Waals surface area contributed by atoms with Gasteiger partial charge in [-0.1, -0.05) is 39.0 Å². The molecule has 0 radical (unpaired) electrons. The van der Waals surface area contributed by atoms with Crippen molar-refractivity contribution >= 4 is 0 Å². The van der Waals surface area contributed by atoms with Crippen LogP contribution in [0.25, 0.3) is 0 Å². The lowest BCUT2D eigenvalue weighted by Gasteiger charge is -2.32. The molecule has 0 spiro atoms. The van der Waals surface area contributed by atoms with Crippen LogP contribution in [0.1, 0.15) is 51.7 Å². The van der Waals surface area contributed by atoms with Gasteiger partial charge < -0.3 is 10.1 Å². The van der Waals surface area contributed by atoms with Crippen molar-refractivity contribution in [3.05, 3.63) is 29.3 Å². The van der Waals surface area contributed by atoms with Crippen LogP contribution in [-0.2, 0) is 11.8 Å². The molecule has 106 valence electrons. The van der Waals surface area contributed by atoms with Gasteiger partial charge in [-0.05, 0) is 43.7 Å². The quantitative estimate of drug-likeness (QED) is 0.873. The molecule has 1 unspecified atom stereocenters. The average Bonchev–Trinajstić information content (AvgIpc) is 2.37. The molecule has 0 aromatic heterocycles. The lowest BCUT2D eigenvalue weighted by Crippen LogP contribution is -2.33. The number of nitrogens with one attached hydrogen (secondary N) is 1. The van der Waals surface area contributed by atoms with Crippen LogP contribution in [0.2, 0.25) is 0 Å². The first-order chi connectivity index (χ1) is 9.04. The van der Waals surface area contributed by atoms with Gasteiger partial charge in [-0.25, -0.2) is 0 Å². The zero-order valence-corrected chi connectivity index (χ0v) is 12.8. The summed E-state index contributed by atoms with van der Waals surface area (Å²) in [6, 6.07) is 7.16. The van der Waals surface area contributed by atoms with Gasteiger partial charge in [0.2, 0.25) is 0 Å². The van der Waals surface area contributed by atoms with Crippen molar-refractivity contribution in [2.24, 2.45) is 0 Å². The molecule has 0 saturated carbocycles. The molecule has 1 aliphatic rings. The first kappa shape index (κ1) is 14.4. The number of ether oxygens (including phenoxy) is 1. The number of hydrogen-bond acceptors (Lipinski definition) is 2. The van der Waals surface area contributed by atoms with Crippen molar-refractivity contribution in [2.45, 2.75) is 58.4 Å². The summed E-state index contributed by atoms with van der Waals surface area (Å²) in [5.41, 5.74) is 2.90. The van der Waals surface area contributed by atoms with Gasteiger partial charge in [0.25, 0.3) is 0 Å². The first-order valence-corrected chi connectivity index (χ1v) is 7.53. The van der Waals surface area contributed by atoms with Crippen LogP contribution in [0.4, 0.5) is 0 Å². The smallest absolute Gasteiger partial charge is 0.126 e. The molecule has 1 heterocycles. The fraction of sp³-hybridized carbons (Fsp3) is 0.647. The standard InChI is InChI=1S/C17H27NO/c1-5-18-13(2)12-17(3,4)15-10-6-8-14-9-7-11-19-16(14)15/h6,8,10,13,18H,5,7,9,11-12H2,1-4H3. The highest BCUT2D eigenvalue weighted by Crippen LogP contribution is 2.39. The Morgan fingerprint density at radius 3 is 2.89 bits per heavy atom. The van der Waals surface area contributed by atoms with Crippen LogP contribution in [0.3, 0.4) is 0 Å². The molecule has 19 heavy (non-hydrogen) atoms. The van der Waals surface area contributed by atoms with E-state index in [1.165, 1.54) is 11.1 Å². The monoisotopic (exact) mass is 261 g/mol. The maximum Gasteiger partial charge on any atom is 0.126 e. The van der Waals surface area contributed by atoms with E-state index in [1.807, 2.05) is 0 Å². The fourth-order valence-corrected chi connectivity index (χ4v) is 3.22.